The first-order valence-corrected chi connectivity index (χ1v) is 10.8. The molecule has 1 amide bonds. The smallest absolute Gasteiger partial charge is 0.258 e. The molecule has 2 N–H and O–H groups in total. The zero-order valence-corrected chi connectivity index (χ0v) is 19.1. The van der Waals surface area contributed by atoms with Crippen molar-refractivity contribution in [3.05, 3.63) is 56.9 Å². The van der Waals surface area contributed by atoms with Crippen molar-refractivity contribution in [3.63, 3.8) is 0 Å². The molecule has 10 heteroatoms. The lowest BCUT2D eigenvalue weighted by Crippen LogP contribution is -2.48. The molecule has 4 rings (SSSR count). The van der Waals surface area contributed by atoms with E-state index in [1.165, 1.54) is 12.4 Å². The molecule has 1 fully saturated rings. The average molecular weight is 457 g/mol. The van der Waals surface area contributed by atoms with Gasteiger partial charge >= 0.3 is 0 Å². The number of hydrogen-bond acceptors (Lipinski definition) is 7. The Labute approximate surface area is 190 Å². The summed E-state index contributed by atoms with van der Waals surface area (Å²) in [5.74, 6) is 0.762. The van der Waals surface area contributed by atoms with Crippen molar-refractivity contribution < 1.29 is 9.53 Å². The number of morpholine rings is 1. The Hall–Kier alpha value is -3.04. The number of fused-ring (bicyclic) bond motifs is 1. The fourth-order valence-electron chi connectivity index (χ4n) is 3.94. The van der Waals surface area contributed by atoms with E-state index in [0.717, 1.165) is 5.56 Å². The first-order chi connectivity index (χ1) is 15.2. The maximum absolute atomic E-state index is 12.8. The molecule has 9 nitrogen and oxygen atoms in total. The van der Waals surface area contributed by atoms with Gasteiger partial charge in [-0.2, -0.15) is 0 Å². The van der Waals surface area contributed by atoms with Gasteiger partial charge in [0.05, 0.1) is 34.7 Å². The molecule has 0 aliphatic carbocycles. The number of hydrogen-bond donors (Lipinski definition) is 2. The summed E-state index contributed by atoms with van der Waals surface area (Å²) in [7, 11) is 0. The van der Waals surface area contributed by atoms with Crippen LogP contribution in [0.25, 0.3) is 10.9 Å². The van der Waals surface area contributed by atoms with Gasteiger partial charge in [0.1, 0.15) is 5.82 Å². The maximum Gasteiger partial charge on any atom is 0.258 e. The molecule has 1 aliphatic heterocycles. The quantitative estimate of drug-likeness (QED) is 0.620. The number of nitrogens with zero attached hydrogens (tertiary/aromatic N) is 4. The molecule has 2 aromatic heterocycles. The molecule has 3 aromatic rings. The van der Waals surface area contributed by atoms with Crippen molar-refractivity contribution >= 4 is 34.4 Å². The van der Waals surface area contributed by atoms with Crippen molar-refractivity contribution in [1.29, 1.82) is 0 Å². The normalized spacial score (nSPS) is 19.7. The number of amides is 1. The van der Waals surface area contributed by atoms with Gasteiger partial charge < -0.3 is 19.9 Å². The second-order valence-electron chi connectivity index (χ2n) is 8.17. The lowest BCUT2D eigenvalue weighted by molar-refractivity contribution is -0.0586. The highest BCUT2D eigenvalue weighted by Gasteiger charge is 2.27. The van der Waals surface area contributed by atoms with Crippen LogP contribution in [0.1, 0.15) is 48.6 Å². The molecule has 1 aromatic carbocycles. The third-order valence-electron chi connectivity index (χ3n) is 5.36. The van der Waals surface area contributed by atoms with Crippen molar-refractivity contribution in [3.8, 4) is 0 Å². The Balaban J connectivity index is 1.50. The van der Waals surface area contributed by atoms with Crippen LogP contribution in [-0.2, 0) is 4.74 Å². The van der Waals surface area contributed by atoms with Crippen LogP contribution in [-0.4, -0.2) is 56.0 Å². The molecule has 1 aliphatic rings. The van der Waals surface area contributed by atoms with Gasteiger partial charge in [0, 0.05) is 30.5 Å². The average Bonchev–Trinajstić information content (AvgIpc) is 2.72. The van der Waals surface area contributed by atoms with E-state index in [9.17, 15) is 9.59 Å². The predicted molar refractivity (Wildman–Crippen MR) is 122 cm³/mol. The monoisotopic (exact) mass is 456 g/mol. The molecule has 3 atom stereocenters. The molecule has 0 unspecified atom stereocenters. The van der Waals surface area contributed by atoms with Gasteiger partial charge in [-0.25, -0.2) is 15.0 Å². The summed E-state index contributed by atoms with van der Waals surface area (Å²) in [6.07, 6.45) is 3.00. The molecular formula is C22H25ClN6O3. The second-order valence-corrected chi connectivity index (χ2v) is 8.58. The van der Waals surface area contributed by atoms with Gasteiger partial charge in [-0.3, -0.25) is 9.59 Å². The van der Waals surface area contributed by atoms with Crippen LogP contribution >= 0.6 is 11.6 Å². The molecule has 32 heavy (non-hydrogen) atoms. The van der Waals surface area contributed by atoms with Crippen LogP contribution in [0.5, 0.6) is 0 Å². The van der Waals surface area contributed by atoms with Crippen molar-refractivity contribution in [2.75, 3.05) is 18.4 Å². The third-order valence-corrected chi connectivity index (χ3v) is 5.69. The first kappa shape index (κ1) is 22.2. The fraction of sp³-hybridized carbons (Fsp3) is 0.409. The topological polar surface area (TPSA) is 113 Å². The number of carbonyl (C=O) groups excluding carboxylic acids is 1. The Morgan fingerprint density at radius 3 is 2.56 bits per heavy atom. The van der Waals surface area contributed by atoms with Crippen molar-refractivity contribution in [2.24, 2.45) is 0 Å². The van der Waals surface area contributed by atoms with Crippen LogP contribution in [0.2, 0.25) is 5.02 Å². The van der Waals surface area contributed by atoms with Gasteiger partial charge in [0.25, 0.3) is 11.5 Å². The number of anilines is 1. The van der Waals surface area contributed by atoms with Gasteiger partial charge in [0.2, 0.25) is 5.95 Å². The number of aromatic nitrogens is 4. The van der Waals surface area contributed by atoms with E-state index in [1.807, 2.05) is 20.8 Å². The molecule has 168 valence electrons. The third kappa shape index (κ3) is 4.58. The molecule has 1 saturated heterocycles. The highest BCUT2D eigenvalue weighted by molar-refractivity contribution is 6.32. The molecule has 0 radical (unpaired) electrons. The van der Waals surface area contributed by atoms with E-state index < -0.39 is 0 Å². The number of aromatic amines is 1. The van der Waals surface area contributed by atoms with E-state index in [2.05, 4.69) is 25.3 Å². The number of halogens is 1. The summed E-state index contributed by atoms with van der Waals surface area (Å²) in [4.78, 5) is 42.4. The summed E-state index contributed by atoms with van der Waals surface area (Å²) in [5.41, 5.74) is 1.46. The maximum atomic E-state index is 12.8. The first-order valence-electron chi connectivity index (χ1n) is 10.4. The van der Waals surface area contributed by atoms with E-state index in [0.29, 0.717) is 46.4 Å². The summed E-state index contributed by atoms with van der Waals surface area (Å²) in [6.45, 7) is 8.58. The molecule has 0 bridgehead atoms. The number of benzene rings is 1. The number of carbonyl (C=O) groups is 1. The van der Waals surface area contributed by atoms with Crippen LogP contribution in [0.15, 0.2) is 29.3 Å². The van der Waals surface area contributed by atoms with Gasteiger partial charge in [-0.15, -0.1) is 0 Å². The van der Waals surface area contributed by atoms with E-state index >= 15 is 0 Å². The van der Waals surface area contributed by atoms with Crippen LogP contribution in [0, 0.1) is 6.92 Å². The fourth-order valence-corrected chi connectivity index (χ4v) is 4.26. The largest absolute Gasteiger partial charge is 0.372 e. The summed E-state index contributed by atoms with van der Waals surface area (Å²) >= 11 is 6.45. The van der Waals surface area contributed by atoms with Crippen LogP contribution in [0.4, 0.5) is 5.95 Å². The highest BCUT2D eigenvalue weighted by Crippen LogP contribution is 2.28. The zero-order valence-electron chi connectivity index (χ0n) is 18.3. The lowest BCUT2D eigenvalue weighted by atomic mass is 10.1. The minimum Gasteiger partial charge on any atom is -0.372 e. The van der Waals surface area contributed by atoms with Gasteiger partial charge in [-0.1, -0.05) is 11.6 Å². The Morgan fingerprint density at radius 1 is 1.25 bits per heavy atom. The molecule has 3 heterocycles. The number of aryl methyl sites for hydroxylation is 1. The number of rotatable bonds is 4. The van der Waals surface area contributed by atoms with Crippen molar-refractivity contribution in [2.45, 2.75) is 45.9 Å². The van der Waals surface area contributed by atoms with Gasteiger partial charge in [-0.05, 0) is 45.4 Å². The molecule has 0 spiro atoms. The standard InChI is InChI=1S/C22H25ClN6O3/c1-11-9-29(10-12(2)32-11)21(31)15-7-24-22(25-8-15)26-13(3)16-5-17-19(6-18(16)23)27-14(4)28-20(17)30/h5-8,11-13H,9-10H2,1-4H3,(H,24,25,26)(H,27,28,30)/t11-,12+,13-/m0/s1. The van der Waals surface area contributed by atoms with Gasteiger partial charge in [0.15, 0.2) is 0 Å². The molecule has 0 saturated carbocycles. The SMILES string of the molecule is Cc1nc2cc(Cl)c([C@H](C)Nc3ncc(C(=O)N4C[C@@H](C)O[C@@H](C)C4)cn3)cc2c(=O)[nH]1. The van der Waals surface area contributed by atoms with E-state index in [1.54, 1.807) is 24.0 Å². The Morgan fingerprint density at radius 2 is 1.91 bits per heavy atom. The minimum atomic E-state index is -0.282. The minimum absolute atomic E-state index is 0.0107. The summed E-state index contributed by atoms with van der Waals surface area (Å²) in [5, 5.41) is 4.11. The van der Waals surface area contributed by atoms with E-state index in [4.69, 9.17) is 16.3 Å². The van der Waals surface area contributed by atoms with Crippen LogP contribution in [0.3, 0.4) is 0 Å². The lowest BCUT2D eigenvalue weighted by Gasteiger charge is -2.35. The zero-order chi connectivity index (χ0) is 23.0. The Kier molecular flexibility index (Phi) is 6.12. The number of H-pyrrole nitrogens is 1. The van der Waals surface area contributed by atoms with Crippen molar-refractivity contribution in [1.82, 2.24) is 24.8 Å². The number of nitrogens with one attached hydrogen (secondary N) is 2. The Bertz CT molecular complexity index is 1200. The highest BCUT2D eigenvalue weighted by atomic mass is 35.5. The summed E-state index contributed by atoms with van der Waals surface area (Å²) < 4.78 is 5.69. The predicted octanol–water partition coefficient (Wildman–Crippen LogP) is 3.10. The summed E-state index contributed by atoms with van der Waals surface area (Å²) in [6, 6.07) is 3.12. The molecular weight excluding hydrogens is 432 g/mol. The van der Waals surface area contributed by atoms with E-state index in [-0.39, 0.29) is 29.7 Å². The second kappa shape index (κ2) is 8.84. The number of ether oxygens (including phenoxy) is 1. The van der Waals surface area contributed by atoms with Crippen LogP contribution < -0.4 is 10.9 Å².